The van der Waals surface area contributed by atoms with Gasteiger partial charge in [0.2, 0.25) is 0 Å². The fraction of sp³-hybridized carbons (Fsp3) is 0.625. The summed E-state index contributed by atoms with van der Waals surface area (Å²) in [5.74, 6) is 0.723. The highest BCUT2D eigenvalue weighted by molar-refractivity contribution is 5.32. The van der Waals surface area contributed by atoms with Crippen LogP contribution in [0.5, 0.6) is 0 Å². The SMILES string of the molecule is CC(NCCc1ccc([N+](=O)[O-])cc1)C1CCCN(C)C1. The number of nitrogens with one attached hydrogen (secondary N) is 1. The Hall–Kier alpha value is -1.46. The molecule has 5 nitrogen and oxygen atoms in total. The first-order valence-electron chi connectivity index (χ1n) is 7.71. The Morgan fingerprint density at radius 3 is 2.76 bits per heavy atom. The van der Waals surface area contributed by atoms with Crippen molar-refractivity contribution in [3.63, 3.8) is 0 Å². The van der Waals surface area contributed by atoms with Gasteiger partial charge in [0.15, 0.2) is 0 Å². The molecule has 1 fully saturated rings. The Morgan fingerprint density at radius 1 is 1.43 bits per heavy atom. The summed E-state index contributed by atoms with van der Waals surface area (Å²) in [7, 11) is 2.19. The Kier molecular flexibility index (Phi) is 5.70. The zero-order valence-corrected chi connectivity index (χ0v) is 12.9. The minimum atomic E-state index is -0.357. The molecular weight excluding hydrogens is 266 g/mol. The largest absolute Gasteiger partial charge is 0.314 e. The molecule has 0 radical (unpaired) electrons. The molecule has 21 heavy (non-hydrogen) atoms. The summed E-state index contributed by atoms with van der Waals surface area (Å²) in [5, 5.41) is 14.2. The van der Waals surface area contributed by atoms with Gasteiger partial charge in [0.05, 0.1) is 4.92 Å². The molecule has 2 unspecified atom stereocenters. The molecule has 0 spiro atoms. The molecule has 0 aromatic heterocycles. The average Bonchev–Trinajstić information content (AvgIpc) is 2.47. The highest BCUT2D eigenvalue weighted by Gasteiger charge is 2.22. The number of hydrogen-bond acceptors (Lipinski definition) is 4. The summed E-state index contributed by atoms with van der Waals surface area (Å²) in [6.45, 7) is 5.57. The van der Waals surface area contributed by atoms with Gasteiger partial charge >= 0.3 is 0 Å². The van der Waals surface area contributed by atoms with E-state index in [2.05, 4.69) is 24.2 Å². The van der Waals surface area contributed by atoms with Crippen molar-refractivity contribution in [1.29, 1.82) is 0 Å². The minimum absolute atomic E-state index is 0.158. The molecule has 1 heterocycles. The number of piperidine rings is 1. The molecule has 0 saturated carbocycles. The summed E-state index contributed by atoms with van der Waals surface area (Å²) >= 11 is 0. The Labute approximate surface area is 126 Å². The van der Waals surface area contributed by atoms with Gasteiger partial charge in [-0.15, -0.1) is 0 Å². The van der Waals surface area contributed by atoms with Crippen LogP contribution in [0.15, 0.2) is 24.3 Å². The van der Waals surface area contributed by atoms with Crippen molar-refractivity contribution >= 4 is 5.69 Å². The summed E-state index contributed by atoms with van der Waals surface area (Å²) in [5.41, 5.74) is 1.30. The van der Waals surface area contributed by atoms with Crippen LogP contribution in [0.2, 0.25) is 0 Å². The van der Waals surface area contributed by atoms with Crippen molar-refractivity contribution in [3.8, 4) is 0 Å². The van der Waals surface area contributed by atoms with Crippen molar-refractivity contribution in [2.45, 2.75) is 32.2 Å². The van der Waals surface area contributed by atoms with Crippen LogP contribution in [-0.4, -0.2) is 42.5 Å². The Bertz CT molecular complexity index is 461. The van der Waals surface area contributed by atoms with E-state index in [-0.39, 0.29) is 10.6 Å². The predicted octanol–water partition coefficient (Wildman–Crippen LogP) is 2.46. The lowest BCUT2D eigenvalue weighted by Gasteiger charge is -2.34. The van der Waals surface area contributed by atoms with Crippen LogP contribution in [-0.2, 0) is 6.42 Å². The lowest BCUT2D eigenvalue weighted by Crippen LogP contribution is -2.43. The molecule has 0 amide bonds. The van der Waals surface area contributed by atoms with Gasteiger partial charge in [-0.1, -0.05) is 12.1 Å². The molecule has 116 valence electrons. The monoisotopic (exact) mass is 291 g/mol. The zero-order chi connectivity index (χ0) is 15.2. The second kappa shape index (κ2) is 7.52. The highest BCUT2D eigenvalue weighted by Crippen LogP contribution is 2.18. The van der Waals surface area contributed by atoms with Crippen molar-refractivity contribution in [2.75, 3.05) is 26.7 Å². The number of benzene rings is 1. The molecule has 1 aromatic carbocycles. The van der Waals surface area contributed by atoms with E-state index in [4.69, 9.17) is 0 Å². The van der Waals surface area contributed by atoms with E-state index in [1.165, 1.54) is 25.9 Å². The Morgan fingerprint density at radius 2 is 2.14 bits per heavy atom. The predicted molar refractivity (Wildman–Crippen MR) is 84.5 cm³/mol. The average molecular weight is 291 g/mol. The molecule has 1 saturated heterocycles. The Balaban J connectivity index is 1.74. The van der Waals surface area contributed by atoms with Gasteiger partial charge in [0.1, 0.15) is 0 Å². The summed E-state index contributed by atoms with van der Waals surface area (Å²) in [6, 6.07) is 7.37. The molecule has 5 heteroatoms. The quantitative estimate of drug-likeness (QED) is 0.646. The van der Waals surface area contributed by atoms with Crippen LogP contribution in [0.25, 0.3) is 0 Å². The van der Waals surface area contributed by atoms with Gasteiger partial charge in [-0.3, -0.25) is 10.1 Å². The number of rotatable bonds is 6. The first-order chi connectivity index (χ1) is 10.1. The van der Waals surface area contributed by atoms with Crippen LogP contribution >= 0.6 is 0 Å². The van der Waals surface area contributed by atoms with Gasteiger partial charge in [-0.2, -0.15) is 0 Å². The van der Waals surface area contributed by atoms with E-state index >= 15 is 0 Å². The first-order valence-corrected chi connectivity index (χ1v) is 7.71. The van der Waals surface area contributed by atoms with Gasteiger partial charge in [-0.05, 0) is 57.8 Å². The highest BCUT2D eigenvalue weighted by atomic mass is 16.6. The normalized spacial score (nSPS) is 21.1. The van der Waals surface area contributed by atoms with Crippen LogP contribution in [0.4, 0.5) is 5.69 Å². The van der Waals surface area contributed by atoms with Gasteiger partial charge in [0.25, 0.3) is 5.69 Å². The maximum atomic E-state index is 10.6. The fourth-order valence-electron chi connectivity index (χ4n) is 3.01. The molecular formula is C16H25N3O2. The molecule has 1 aliphatic rings. The zero-order valence-electron chi connectivity index (χ0n) is 12.9. The van der Waals surface area contributed by atoms with Gasteiger partial charge in [0, 0.05) is 24.7 Å². The van der Waals surface area contributed by atoms with Crippen molar-refractivity contribution in [3.05, 3.63) is 39.9 Å². The van der Waals surface area contributed by atoms with Crippen LogP contribution < -0.4 is 5.32 Å². The molecule has 1 aromatic rings. The number of non-ortho nitro benzene ring substituents is 1. The summed E-state index contributed by atoms with van der Waals surface area (Å²) < 4.78 is 0. The lowest BCUT2D eigenvalue weighted by molar-refractivity contribution is -0.384. The molecule has 2 rings (SSSR count). The van der Waals surface area contributed by atoms with E-state index in [0.717, 1.165) is 24.4 Å². The second-order valence-corrected chi connectivity index (χ2v) is 6.08. The molecule has 2 atom stereocenters. The molecule has 0 bridgehead atoms. The van der Waals surface area contributed by atoms with E-state index in [0.29, 0.717) is 6.04 Å². The molecule has 1 N–H and O–H groups in total. The van der Waals surface area contributed by atoms with Crippen molar-refractivity contribution in [2.24, 2.45) is 5.92 Å². The number of nitro groups is 1. The first kappa shape index (κ1) is 15.9. The van der Waals surface area contributed by atoms with Crippen molar-refractivity contribution < 1.29 is 4.92 Å². The number of nitro benzene ring substituents is 1. The van der Waals surface area contributed by atoms with Gasteiger partial charge in [-0.25, -0.2) is 0 Å². The van der Waals surface area contributed by atoms with Gasteiger partial charge < -0.3 is 10.2 Å². The van der Waals surface area contributed by atoms with Crippen LogP contribution in [0, 0.1) is 16.0 Å². The van der Waals surface area contributed by atoms with Crippen LogP contribution in [0.3, 0.4) is 0 Å². The smallest absolute Gasteiger partial charge is 0.269 e. The van der Waals surface area contributed by atoms with E-state index in [1.54, 1.807) is 12.1 Å². The number of likely N-dealkylation sites (tertiary alicyclic amines) is 1. The van der Waals surface area contributed by atoms with E-state index < -0.39 is 0 Å². The second-order valence-electron chi connectivity index (χ2n) is 6.08. The third-order valence-electron chi connectivity index (χ3n) is 4.40. The standard InChI is InChI=1S/C16H25N3O2/c1-13(15-4-3-11-18(2)12-15)17-10-9-14-5-7-16(8-6-14)19(20)21/h5-8,13,15,17H,3-4,9-12H2,1-2H3. The van der Waals surface area contributed by atoms with E-state index in [1.807, 2.05) is 12.1 Å². The topological polar surface area (TPSA) is 58.4 Å². The fourth-order valence-corrected chi connectivity index (χ4v) is 3.01. The van der Waals surface area contributed by atoms with E-state index in [9.17, 15) is 10.1 Å². The molecule has 0 aliphatic carbocycles. The van der Waals surface area contributed by atoms with Crippen LogP contribution in [0.1, 0.15) is 25.3 Å². The third-order valence-corrected chi connectivity index (χ3v) is 4.40. The number of nitrogens with zero attached hydrogens (tertiary/aromatic N) is 2. The summed E-state index contributed by atoms with van der Waals surface area (Å²) in [4.78, 5) is 12.7. The maximum absolute atomic E-state index is 10.6. The lowest BCUT2D eigenvalue weighted by atomic mass is 9.92. The third kappa shape index (κ3) is 4.79. The summed E-state index contributed by atoms with van der Waals surface area (Å²) in [6.07, 6.45) is 3.50. The van der Waals surface area contributed by atoms with Crippen molar-refractivity contribution in [1.82, 2.24) is 10.2 Å². The molecule has 1 aliphatic heterocycles. The minimum Gasteiger partial charge on any atom is -0.314 e. The maximum Gasteiger partial charge on any atom is 0.269 e. The number of hydrogen-bond donors (Lipinski definition) is 1.